The molecule has 0 atom stereocenters. The number of nitrogens with zero attached hydrogens (tertiary/aromatic N) is 2. The van der Waals surface area contributed by atoms with Crippen LogP contribution in [0, 0.1) is 11.6 Å². The van der Waals surface area contributed by atoms with Gasteiger partial charge >= 0.3 is 0 Å². The van der Waals surface area contributed by atoms with Gasteiger partial charge in [0, 0.05) is 24.8 Å². The van der Waals surface area contributed by atoms with Gasteiger partial charge in [0.25, 0.3) is 5.56 Å². The third-order valence-electron chi connectivity index (χ3n) is 5.76. The van der Waals surface area contributed by atoms with Crippen LogP contribution in [-0.2, 0) is 11.3 Å². The molecule has 7 heteroatoms. The molecule has 0 aliphatic carbocycles. The van der Waals surface area contributed by atoms with E-state index in [2.05, 4.69) is 5.32 Å². The van der Waals surface area contributed by atoms with Crippen molar-refractivity contribution in [1.82, 2.24) is 4.57 Å². The Morgan fingerprint density at radius 1 is 0.886 bits per heavy atom. The number of nitrogens with one attached hydrogen (secondary N) is 1. The molecule has 1 amide bonds. The summed E-state index contributed by atoms with van der Waals surface area (Å²) in [6.45, 7) is 1.94. The van der Waals surface area contributed by atoms with Crippen LogP contribution in [-0.4, -0.2) is 17.5 Å². The monoisotopic (exact) mass is 473 g/mol. The van der Waals surface area contributed by atoms with Gasteiger partial charge in [-0.15, -0.1) is 0 Å². The van der Waals surface area contributed by atoms with Crippen LogP contribution in [0.4, 0.5) is 25.8 Å². The van der Waals surface area contributed by atoms with E-state index < -0.39 is 0 Å². The maximum absolute atomic E-state index is 13.5. The second-order valence-corrected chi connectivity index (χ2v) is 8.14. The van der Waals surface area contributed by atoms with Crippen molar-refractivity contribution in [3.05, 3.63) is 112 Å². The van der Waals surface area contributed by atoms with Crippen LogP contribution in [0.15, 0.2) is 89.7 Å². The molecule has 35 heavy (non-hydrogen) atoms. The van der Waals surface area contributed by atoms with Crippen molar-refractivity contribution in [2.75, 3.05) is 17.3 Å². The Labute approximate surface area is 202 Å². The topological polar surface area (TPSA) is 54.3 Å². The third kappa shape index (κ3) is 5.46. The van der Waals surface area contributed by atoms with E-state index in [1.54, 1.807) is 47.9 Å². The number of benzene rings is 3. The Morgan fingerprint density at radius 3 is 2.20 bits per heavy atom. The van der Waals surface area contributed by atoms with Gasteiger partial charge in [0.1, 0.15) is 17.3 Å². The van der Waals surface area contributed by atoms with Gasteiger partial charge in [0.15, 0.2) is 0 Å². The van der Waals surface area contributed by atoms with E-state index >= 15 is 0 Å². The lowest BCUT2D eigenvalue weighted by molar-refractivity contribution is -0.115. The number of hydrogen-bond acceptors (Lipinski definition) is 3. The standard InChI is InChI=1S/C28H25F2N3O2/c1-3-27(34)31-25-15-16-26(20-7-9-21(29)10-8-20)33(28(25)35)18-19-5-4-6-24(17-19)32(2)23-13-11-22(30)12-14-23/h4-17H,3,18H2,1-2H3,(H,31,34). The Bertz CT molecular complexity index is 1400. The lowest BCUT2D eigenvalue weighted by Gasteiger charge is -2.21. The van der Waals surface area contributed by atoms with Crippen molar-refractivity contribution in [1.29, 1.82) is 0 Å². The molecule has 4 aromatic rings. The summed E-state index contributed by atoms with van der Waals surface area (Å²) in [7, 11) is 1.88. The molecule has 0 aliphatic rings. The molecule has 4 rings (SSSR count). The van der Waals surface area contributed by atoms with Crippen LogP contribution in [0.1, 0.15) is 18.9 Å². The van der Waals surface area contributed by atoms with E-state index in [0.29, 0.717) is 11.3 Å². The Balaban J connectivity index is 1.74. The van der Waals surface area contributed by atoms with Crippen molar-refractivity contribution < 1.29 is 13.6 Å². The summed E-state index contributed by atoms with van der Waals surface area (Å²) in [5, 5.41) is 2.66. The number of carbonyl (C=O) groups is 1. The molecule has 178 valence electrons. The van der Waals surface area contributed by atoms with E-state index in [-0.39, 0.29) is 41.8 Å². The molecule has 3 aromatic carbocycles. The Morgan fingerprint density at radius 2 is 1.54 bits per heavy atom. The number of hydrogen-bond donors (Lipinski definition) is 1. The van der Waals surface area contributed by atoms with Crippen LogP contribution in [0.25, 0.3) is 11.3 Å². The van der Waals surface area contributed by atoms with E-state index in [1.165, 1.54) is 24.3 Å². The second kappa shape index (κ2) is 10.3. The summed E-state index contributed by atoms with van der Waals surface area (Å²) in [6, 6.07) is 23.1. The SMILES string of the molecule is CCC(=O)Nc1ccc(-c2ccc(F)cc2)n(Cc2cccc(N(C)c3ccc(F)cc3)c2)c1=O. The van der Waals surface area contributed by atoms with E-state index in [1.807, 2.05) is 36.2 Å². The quantitative estimate of drug-likeness (QED) is 0.360. The highest BCUT2D eigenvalue weighted by atomic mass is 19.1. The predicted molar refractivity (Wildman–Crippen MR) is 135 cm³/mol. The number of amides is 1. The molecular weight excluding hydrogens is 448 g/mol. The Hall–Kier alpha value is -4.26. The van der Waals surface area contributed by atoms with Gasteiger partial charge in [-0.1, -0.05) is 19.1 Å². The van der Waals surface area contributed by atoms with Crippen LogP contribution in [0.3, 0.4) is 0 Å². The van der Waals surface area contributed by atoms with Crippen LogP contribution in [0.2, 0.25) is 0 Å². The maximum Gasteiger partial charge on any atom is 0.275 e. The first-order valence-electron chi connectivity index (χ1n) is 11.2. The molecule has 1 aromatic heterocycles. The van der Waals surface area contributed by atoms with Gasteiger partial charge in [0.05, 0.1) is 12.2 Å². The summed E-state index contributed by atoms with van der Waals surface area (Å²) in [4.78, 5) is 27.2. The van der Waals surface area contributed by atoms with E-state index in [9.17, 15) is 18.4 Å². The van der Waals surface area contributed by atoms with Crippen molar-refractivity contribution in [3.63, 3.8) is 0 Å². The normalized spacial score (nSPS) is 10.7. The third-order valence-corrected chi connectivity index (χ3v) is 5.76. The van der Waals surface area contributed by atoms with E-state index in [4.69, 9.17) is 0 Å². The molecule has 0 unspecified atom stereocenters. The minimum atomic E-state index is -0.369. The van der Waals surface area contributed by atoms with Crippen LogP contribution >= 0.6 is 0 Å². The highest BCUT2D eigenvalue weighted by Gasteiger charge is 2.14. The van der Waals surface area contributed by atoms with Crippen molar-refractivity contribution in [3.8, 4) is 11.3 Å². The zero-order chi connectivity index (χ0) is 24.9. The first kappa shape index (κ1) is 23.9. The molecule has 0 saturated carbocycles. The zero-order valence-corrected chi connectivity index (χ0v) is 19.5. The molecular formula is C28H25F2N3O2. The largest absolute Gasteiger partial charge is 0.345 e. The molecule has 0 saturated heterocycles. The van der Waals surface area contributed by atoms with Gasteiger partial charge in [-0.25, -0.2) is 8.78 Å². The van der Waals surface area contributed by atoms with Crippen molar-refractivity contribution in [2.24, 2.45) is 0 Å². The van der Waals surface area contributed by atoms with Crippen molar-refractivity contribution >= 4 is 23.0 Å². The fourth-order valence-corrected chi connectivity index (χ4v) is 3.80. The minimum absolute atomic E-state index is 0.183. The average Bonchev–Trinajstić information content (AvgIpc) is 2.87. The number of pyridine rings is 1. The smallest absolute Gasteiger partial charge is 0.275 e. The number of halogens is 2. The molecule has 0 fully saturated rings. The average molecular weight is 474 g/mol. The predicted octanol–water partition coefficient (Wildman–Crippen LogP) is 5.96. The fraction of sp³-hybridized carbons (Fsp3) is 0.143. The molecule has 0 spiro atoms. The van der Waals surface area contributed by atoms with Gasteiger partial charge < -0.3 is 14.8 Å². The number of aromatic nitrogens is 1. The molecule has 1 N–H and O–H groups in total. The summed E-state index contributed by atoms with van der Waals surface area (Å²) >= 11 is 0. The first-order chi connectivity index (χ1) is 16.9. The second-order valence-electron chi connectivity index (χ2n) is 8.14. The van der Waals surface area contributed by atoms with Crippen molar-refractivity contribution in [2.45, 2.75) is 19.9 Å². The summed E-state index contributed by atoms with van der Waals surface area (Å²) in [6.07, 6.45) is 0.247. The highest BCUT2D eigenvalue weighted by molar-refractivity contribution is 5.90. The number of anilines is 3. The van der Waals surface area contributed by atoms with Gasteiger partial charge in [0.2, 0.25) is 5.91 Å². The summed E-state index contributed by atoms with van der Waals surface area (Å²) in [5.74, 6) is -0.934. The summed E-state index contributed by atoms with van der Waals surface area (Å²) < 4.78 is 28.4. The fourth-order valence-electron chi connectivity index (χ4n) is 3.80. The van der Waals surface area contributed by atoms with Gasteiger partial charge in [-0.3, -0.25) is 9.59 Å². The van der Waals surface area contributed by atoms with E-state index in [0.717, 1.165) is 16.9 Å². The lowest BCUT2D eigenvalue weighted by atomic mass is 10.1. The first-order valence-corrected chi connectivity index (χ1v) is 11.2. The molecule has 0 bridgehead atoms. The van der Waals surface area contributed by atoms with Crippen LogP contribution < -0.4 is 15.8 Å². The van der Waals surface area contributed by atoms with Gasteiger partial charge in [-0.2, -0.15) is 0 Å². The molecule has 0 aliphatic heterocycles. The van der Waals surface area contributed by atoms with Gasteiger partial charge in [-0.05, 0) is 83.9 Å². The summed E-state index contributed by atoms with van der Waals surface area (Å²) in [5.41, 5.74) is 3.63. The number of carbonyl (C=O) groups excluding carboxylic acids is 1. The Kier molecular flexibility index (Phi) is 7.06. The molecule has 0 radical (unpaired) electrons. The lowest BCUT2D eigenvalue weighted by Crippen LogP contribution is -2.27. The van der Waals surface area contributed by atoms with Crippen LogP contribution in [0.5, 0.6) is 0 Å². The maximum atomic E-state index is 13.5. The number of rotatable bonds is 7. The molecule has 5 nitrogen and oxygen atoms in total. The minimum Gasteiger partial charge on any atom is -0.345 e. The highest BCUT2D eigenvalue weighted by Crippen LogP contribution is 2.26. The molecule has 1 heterocycles. The zero-order valence-electron chi connectivity index (χ0n) is 19.5.